The van der Waals surface area contributed by atoms with E-state index in [2.05, 4.69) is 4.98 Å². The molecule has 9 heteroatoms. The van der Waals surface area contributed by atoms with Gasteiger partial charge in [0.15, 0.2) is 5.92 Å². The van der Waals surface area contributed by atoms with E-state index in [1.807, 2.05) is 0 Å². The van der Waals surface area contributed by atoms with Crippen molar-refractivity contribution < 1.29 is 19.1 Å². The van der Waals surface area contributed by atoms with Crippen molar-refractivity contribution in [3.05, 3.63) is 22.4 Å². The Labute approximate surface area is 144 Å². The number of aromatic nitrogens is 1. The zero-order valence-corrected chi connectivity index (χ0v) is 13.7. The molecule has 2 N–H and O–H groups in total. The largest absolute Gasteiger partial charge is 0.466 e. The lowest BCUT2D eigenvalue weighted by Crippen LogP contribution is -2.21. The zero-order chi connectivity index (χ0) is 19.0. The normalized spacial score (nSPS) is 9.60. The van der Waals surface area contributed by atoms with Crippen LogP contribution in [0.4, 0.5) is 5.82 Å². The smallest absolute Gasteiger partial charge is 0.340 e. The topological polar surface area (TPSA) is 163 Å². The molecular weight excluding hydrogens is 326 g/mol. The number of ether oxygens (including phenoxy) is 2. The summed E-state index contributed by atoms with van der Waals surface area (Å²) < 4.78 is 9.75. The van der Waals surface area contributed by atoms with Crippen LogP contribution < -0.4 is 5.73 Å². The molecule has 0 saturated carbocycles. The van der Waals surface area contributed by atoms with E-state index in [9.17, 15) is 25.4 Å². The lowest BCUT2D eigenvalue weighted by Gasteiger charge is -2.16. The summed E-state index contributed by atoms with van der Waals surface area (Å²) in [6.07, 6.45) is -0.422. The van der Waals surface area contributed by atoms with E-state index in [-0.39, 0.29) is 41.4 Å². The van der Waals surface area contributed by atoms with Crippen molar-refractivity contribution >= 4 is 17.8 Å². The van der Waals surface area contributed by atoms with Crippen LogP contribution in [0.25, 0.3) is 0 Å². The molecule has 0 saturated heterocycles. The lowest BCUT2D eigenvalue weighted by atomic mass is 9.90. The van der Waals surface area contributed by atoms with Gasteiger partial charge in [-0.15, -0.1) is 0 Å². The van der Waals surface area contributed by atoms with Crippen LogP contribution in [0.2, 0.25) is 0 Å². The van der Waals surface area contributed by atoms with Gasteiger partial charge in [-0.3, -0.25) is 4.79 Å². The summed E-state index contributed by atoms with van der Waals surface area (Å²) in [5.74, 6) is -3.34. The molecule has 1 rings (SSSR count). The number of hydrogen-bond acceptors (Lipinski definition) is 9. The Hall–Kier alpha value is -3.64. The average Bonchev–Trinajstić information content (AvgIpc) is 2.56. The van der Waals surface area contributed by atoms with Crippen molar-refractivity contribution in [2.24, 2.45) is 0 Å². The molecule has 1 aromatic heterocycles. The summed E-state index contributed by atoms with van der Waals surface area (Å²) in [5, 5.41) is 27.7. The number of nitrogen functional groups attached to an aromatic ring is 1. The Morgan fingerprint density at radius 1 is 1.16 bits per heavy atom. The van der Waals surface area contributed by atoms with E-state index in [1.54, 1.807) is 32.1 Å². The average molecular weight is 341 g/mol. The van der Waals surface area contributed by atoms with E-state index in [0.29, 0.717) is 0 Å². The van der Waals surface area contributed by atoms with Gasteiger partial charge in [0.05, 0.1) is 43.0 Å². The van der Waals surface area contributed by atoms with Crippen LogP contribution in [-0.4, -0.2) is 30.1 Å². The maximum atomic E-state index is 12.4. The molecule has 0 unspecified atom stereocenters. The number of anilines is 1. The summed E-state index contributed by atoms with van der Waals surface area (Å²) >= 11 is 0. The molecule has 0 fully saturated rings. The van der Waals surface area contributed by atoms with E-state index in [4.69, 9.17) is 15.2 Å². The molecule has 1 aromatic rings. The minimum Gasteiger partial charge on any atom is -0.466 e. The quantitative estimate of drug-likeness (QED) is 0.741. The minimum atomic E-state index is -1.46. The number of nitriles is 3. The second kappa shape index (κ2) is 8.85. The van der Waals surface area contributed by atoms with Crippen LogP contribution in [0.5, 0.6) is 0 Å². The van der Waals surface area contributed by atoms with Gasteiger partial charge in [0, 0.05) is 5.56 Å². The highest BCUT2D eigenvalue weighted by Gasteiger charge is 2.30. The minimum absolute atomic E-state index is 0.00710. The predicted octanol–water partition coefficient (Wildman–Crippen LogP) is 0.949. The van der Waals surface area contributed by atoms with Crippen molar-refractivity contribution in [3.8, 4) is 18.2 Å². The number of carbonyl (C=O) groups is 2. The summed E-state index contributed by atoms with van der Waals surface area (Å²) in [6, 6.07) is 5.13. The Balaban J connectivity index is 3.76. The summed E-state index contributed by atoms with van der Waals surface area (Å²) in [6.45, 7) is 3.29. The first-order valence-corrected chi connectivity index (χ1v) is 7.29. The molecule has 0 aliphatic heterocycles. The highest BCUT2D eigenvalue weighted by atomic mass is 16.5. The predicted molar refractivity (Wildman–Crippen MR) is 83.6 cm³/mol. The fourth-order valence-corrected chi connectivity index (χ4v) is 2.15. The maximum absolute atomic E-state index is 12.4. The Kier molecular flexibility index (Phi) is 6.87. The molecule has 9 nitrogen and oxygen atoms in total. The fourth-order valence-electron chi connectivity index (χ4n) is 2.15. The van der Waals surface area contributed by atoms with Crippen LogP contribution in [-0.2, 0) is 20.7 Å². The molecule has 0 radical (unpaired) electrons. The molecule has 25 heavy (non-hydrogen) atoms. The van der Waals surface area contributed by atoms with Gasteiger partial charge in [-0.05, 0) is 13.8 Å². The van der Waals surface area contributed by atoms with Crippen LogP contribution >= 0.6 is 0 Å². The van der Waals surface area contributed by atoms with Gasteiger partial charge in [0.25, 0.3) is 0 Å². The fraction of sp³-hybridized carbons (Fsp3) is 0.375. The van der Waals surface area contributed by atoms with Crippen LogP contribution in [0.1, 0.15) is 46.9 Å². The van der Waals surface area contributed by atoms with Crippen LogP contribution in [0.15, 0.2) is 0 Å². The standard InChI is InChI=1S/C16H15N5O4/c1-3-24-12(22)5-11-14(16(23)25-4-2)13(9(6-17)7-18)10(8-19)15(20)21-11/h9H,3-5H2,1-2H3,(H2,20,21). The molecule has 0 aliphatic rings. The van der Waals surface area contributed by atoms with Crippen molar-refractivity contribution in [3.63, 3.8) is 0 Å². The molecule has 1 heterocycles. The van der Waals surface area contributed by atoms with Crippen molar-refractivity contribution in [1.29, 1.82) is 15.8 Å². The van der Waals surface area contributed by atoms with Gasteiger partial charge >= 0.3 is 11.9 Å². The number of hydrogen-bond donors (Lipinski definition) is 1. The van der Waals surface area contributed by atoms with E-state index in [0.717, 1.165) is 0 Å². The number of carbonyl (C=O) groups excluding carboxylic acids is 2. The molecule has 0 spiro atoms. The van der Waals surface area contributed by atoms with Gasteiger partial charge in [0.2, 0.25) is 0 Å². The molecule has 0 aromatic carbocycles. The molecule has 0 bridgehead atoms. The molecular formula is C16H15N5O4. The molecule has 0 aliphatic carbocycles. The molecule has 0 amide bonds. The van der Waals surface area contributed by atoms with E-state index < -0.39 is 24.3 Å². The van der Waals surface area contributed by atoms with Crippen LogP contribution in [0.3, 0.4) is 0 Å². The number of esters is 2. The SMILES string of the molecule is CCOC(=O)Cc1nc(N)c(C#N)c(C(C#N)C#N)c1C(=O)OCC. The van der Waals surface area contributed by atoms with Gasteiger partial charge in [-0.1, -0.05) is 0 Å². The third kappa shape index (κ3) is 4.21. The van der Waals surface area contributed by atoms with E-state index in [1.165, 1.54) is 0 Å². The van der Waals surface area contributed by atoms with Crippen molar-refractivity contribution in [2.45, 2.75) is 26.2 Å². The molecule has 0 atom stereocenters. The summed E-state index contributed by atoms with van der Waals surface area (Å²) in [7, 11) is 0. The number of nitrogens with zero attached hydrogens (tertiary/aromatic N) is 4. The lowest BCUT2D eigenvalue weighted by molar-refractivity contribution is -0.142. The second-order valence-corrected chi connectivity index (χ2v) is 4.61. The Bertz CT molecular complexity index is 800. The van der Waals surface area contributed by atoms with Crippen LogP contribution in [0, 0.1) is 34.0 Å². The zero-order valence-electron chi connectivity index (χ0n) is 13.7. The third-order valence-electron chi connectivity index (χ3n) is 3.09. The van der Waals surface area contributed by atoms with Crippen molar-refractivity contribution in [1.82, 2.24) is 4.98 Å². The van der Waals surface area contributed by atoms with Gasteiger partial charge < -0.3 is 15.2 Å². The van der Waals surface area contributed by atoms with Gasteiger partial charge in [0.1, 0.15) is 17.5 Å². The number of nitrogens with two attached hydrogens (primary N) is 1. The highest BCUT2D eigenvalue weighted by Crippen LogP contribution is 2.30. The first kappa shape index (κ1) is 19.4. The first-order chi connectivity index (χ1) is 11.9. The second-order valence-electron chi connectivity index (χ2n) is 4.61. The third-order valence-corrected chi connectivity index (χ3v) is 3.09. The Morgan fingerprint density at radius 2 is 1.76 bits per heavy atom. The number of rotatable bonds is 6. The highest BCUT2D eigenvalue weighted by molar-refractivity contribution is 5.95. The Morgan fingerprint density at radius 3 is 2.24 bits per heavy atom. The first-order valence-electron chi connectivity index (χ1n) is 7.29. The van der Waals surface area contributed by atoms with Crippen molar-refractivity contribution in [2.75, 3.05) is 18.9 Å². The monoisotopic (exact) mass is 341 g/mol. The number of pyridine rings is 1. The van der Waals surface area contributed by atoms with E-state index >= 15 is 0 Å². The van der Waals surface area contributed by atoms with Gasteiger partial charge in [-0.2, -0.15) is 15.8 Å². The van der Waals surface area contributed by atoms with Gasteiger partial charge in [-0.25, -0.2) is 9.78 Å². The molecule has 128 valence electrons. The summed E-state index contributed by atoms with van der Waals surface area (Å²) in [5.41, 5.74) is 4.84. The maximum Gasteiger partial charge on any atom is 0.340 e. The summed E-state index contributed by atoms with van der Waals surface area (Å²) in [4.78, 5) is 28.1.